The zero-order valence-corrected chi connectivity index (χ0v) is 18.6. The number of carboxylic acids is 1. The van der Waals surface area contributed by atoms with Crippen LogP contribution in [-0.4, -0.2) is 47.0 Å². The van der Waals surface area contributed by atoms with E-state index in [0.29, 0.717) is 29.2 Å². The zero-order chi connectivity index (χ0) is 23.5. The lowest BCUT2D eigenvalue weighted by Crippen LogP contribution is -2.18. The van der Waals surface area contributed by atoms with Gasteiger partial charge in [-0.2, -0.15) is 0 Å². The van der Waals surface area contributed by atoms with E-state index in [-0.39, 0.29) is 18.8 Å². The number of hydrogen-bond donors (Lipinski definition) is 1. The van der Waals surface area contributed by atoms with Gasteiger partial charge in [-0.15, -0.1) is 0 Å². The number of rotatable bonds is 8. The van der Waals surface area contributed by atoms with Gasteiger partial charge in [0, 0.05) is 17.5 Å². The first-order chi connectivity index (χ1) is 16.6. The lowest BCUT2D eigenvalue weighted by molar-refractivity contribution is -0.144. The van der Waals surface area contributed by atoms with Crippen molar-refractivity contribution in [2.75, 3.05) is 13.7 Å². The Hall–Kier alpha value is -3.91. The van der Waals surface area contributed by atoms with Crippen LogP contribution in [0.15, 0.2) is 65.3 Å². The van der Waals surface area contributed by atoms with Crippen molar-refractivity contribution < 1.29 is 28.5 Å². The van der Waals surface area contributed by atoms with Crippen molar-refractivity contribution >= 4 is 17.1 Å². The Bertz CT molecular complexity index is 1290. The predicted octanol–water partition coefficient (Wildman–Crippen LogP) is 4.97. The second-order valence-electron chi connectivity index (χ2n) is 8.14. The molecule has 2 aromatic carbocycles. The first-order valence-corrected chi connectivity index (χ1v) is 11.1. The molecule has 2 heterocycles. The van der Waals surface area contributed by atoms with Gasteiger partial charge in [-0.25, -0.2) is 14.8 Å². The van der Waals surface area contributed by atoms with E-state index in [2.05, 4.69) is 9.97 Å². The van der Waals surface area contributed by atoms with Gasteiger partial charge in [-0.1, -0.05) is 42.5 Å². The van der Waals surface area contributed by atoms with Crippen LogP contribution in [0.25, 0.3) is 33.6 Å². The van der Waals surface area contributed by atoms with E-state index in [0.717, 1.165) is 35.3 Å². The minimum Gasteiger partial charge on any atom is -0.497 e. The van der Waals surface area contributed by atoms with Crippen molar-refractivity contribution in [3.8, 4) is 34.1 Å². The van der Waals surface area contributed by atoms with Crippen LogP contribution >= 0.6 is 0 Å². The fourth-order valence-electron chi connectivity index (χ4n) is 4.33. The maximum Gasteiger partial charge on any atom is 0.329 e. The van der Waals surface area contributed by atoms with Crippen LogP contribution in [0.3, 0.4) is 0 Å². The van der Waals surface area contributed by atoms with Crippen molar-refractivity contribution in [1.29, 1.82) is 0 Å². The molecule has 0 aliphatic heterocycles. The molecule has 1 aliphatic rings. The molecule has 4 aromatic rings. The number of aromatic nitrogens is 2. The van der Waals surface area contributed by atoms with Crippen molar-refractivity contribution in [2.45, 2.75) is 31.5 Å². The number of carbonyl (C=O) groups is 1. The van der Waals surface area contributed by atoms with Crippen LogP contribution in [-0.2, 0) is 9.53 Å². The second-order valence-corrected chi connectivity index (χ2v) is 8.14. The minimum absolute atomic E-state index is 0.143. The van der Waals surface area contributed by atoms with E-state index >= 15 is 0 Å². The third-order valence-electron chi connectivity index (χ3n) is 5.93. The maximum atomic E-state index is 10.8. The Balaban J connectivity index is 1.55. The average molecular weight is 460 g/mol. The van der Waals surface area contributed by atoms with E-state index < -0.39 is 5.97 Å². The zero-order valence-electron chi connectivity index (χ0n) is 18.6. The van der Waals surface area contributed by atoms with Crippen LogP contribution < -0.4 is 9.47 Å². The molecule has 0 bridgehead atoms. The molecule has 34 heavy (non-hydrogen) atoms. The summed E-state index contributed by atoms with van der Waals surface area (Å²) in [6.45, 7) is -0.307. The molecule has 174 valence electrons. The molecular formula is C26H24N2O6. The number of carboxylic acid groups (broad SMARTS) is 1. The molecule has 1 N–H and O–H groups in total. The Morgan fingerprint density at radius 1 is 1.03 bits per heavy atom. The van der Waals surface area contributed by atoms with Gasteiger partial charge in [0.15, 0.2) is 0 Å². The standard InChI is InChI=1S/C26H24N2O6/c1-31-18-9-7-16(8-10-18)22-23-25(33-20-12-11-19(13-20)32-14-21(29)30)27-15-28-26(23)34-24(22)17-5-3-2-4-6-17/h2-10,15,19-20H,11-14H2,1H3,(H,29,30)/t19-,20+/m1/s1. The highest BCUT2D eigenvalue weighted by molar-refractivity contribution is 6.03. The summed E-state index contributed by atoms with van der Waals surface area (Å²) in [6.07, 6.45) is 3.22. The van der Waals surface area contributed by atoms with E-state index in [4.69, 9.17) is 23.7 Å². The van der Waals surface area contributed by atoms with Crippen molar-refractivity contribution in [1.82, 2.24) is 9.97 Å². The number of fused-ring (bicyclic) bond motifs is 1. The molecule has 1 aliphatic carbocycles. The van der Waals surface area contributed by atoms with E-state index in [1.54, 1.807) is 7.11 Å². The second kappa shape index (κ2) is 9.52. The predicted molar refractivity (Wildman–Crippen MR) is 125 cm³/mol. The van der Waals surface area contributed by atoms with Crippen LogP contribution in [0.5, 0.6) is 11.6 Å². The molecule has 8 nitrogen and oxygen atoms in total. The third-order valence-corrected chi connectivity index (χ3v) is 5.93. The number of aliphatic carboxylic acids is 1. The van der Waals surface area contributed by atoms with Crippen LogP contribution in [0, 0.1) is 0 Å². The van der Waals surface area contributed by atoms with Gasteiger partial charge in [0.1, 0.15) is 35.9 Å². The van der Waals surface area contributed by atoms with E-state index in [1.165, 1.54) is 6.33 Å². The first-order valence-electron chi connectivity index (χ1n) is 11.1. The summed E-state index contributed by atoms with van der Waals surface area (Å²) in [5.41, 5.74) is 3.12. The molecule has 2 atom stereocenters. The molecule has 0 amide bonds. The van der Waals surface area contributed by atoms with Crippen molar-refractivity contribution in [3.05, 3.63) is 60.9 Å². The number of methoxy groups -OCH3 is 1. The quantitative estimate of drug-likeness (QED) is 0.393. The molecule has 5 rings (SSSR count). The largest absolute Gasteiger partial charge is 0.497 e. The minimum atomic E-state index is -0.974. The first kappa shape index (κ1) is 21.9. The highest BCUT2D eigenvalue weighted by atomic mass is 16.5. The Morgan fingerprint density at radius 3 is 2.53 bits per heavy atom. The molecule has 0 spiro atoms. The summed E-state index contributed by atoms with van der Waals surface area (Å²) in [4.78, 5) is 19.6. The normalized spacial score (nSPS) is 17.7. The Kier molecular flexibility index (Phi) is 6.14. The number of nitrogens with zero attached hydrogens (tertiary/aromatic N) is 2. The summed E-state index contributed by atoms with van der Waals surface area (Å²) in [5.74, 6) is 0.896. The lowest BCUT2D eigenvalue weighted by Gasteiger charge is -2.14. The number of furan rings is 1. The smallest absolute Gasteiger partial charge is 0.329 e. The average Bonchev–Trinajstić information content (AvgIpc) is 3.48. The van der Waals surface area contributed by atoms with Crippen LogP contribution in [0.2, 0.25) is 0 Å². The van der Waals surface area contributed by atoms with E-state index in [1.807, 2.05) is 54.6 Å². The monoisotopic (exact) mass is 460 g/mol. The highest BCUT2D eigenvalue weighted by Gasteiger charge is 2.30. The van der Waals surface area contributed by atoms with Gasteiger partial charge in [0.2, 0.25) is 11.6 Å². The molecular weight excluding hydrogens is 436 g/mol. The molecule has 0 radical (unpaired) electrons. The number of hydrogen-bond acceptors (Lipinski definition) is 7. The topological polar surface area (TPSA) is 104 Å². The molecule has 8 heteroatoms. The molecule has 0 unspecified atom stereocenters. The molecule has 2 aromatic heterocycles. The molecule has 0 saturated heterocycles. The molecule has 1 saturated carbocycles. The summed E-state index contributed by atoms with van der Waals surface area (Å²) >= 11 is 0. The summed E-state index contributed by atoms with van der Waals surface area (Å²) in [6, 6.07) is 17.6. The summed E-state index contributed by atoms with van der Waals surface area (Å²) < 4.78 is 23.3. The van der Waals surface area contributed by atoms with Crippen molar-refractivity contribution in [2.24, 2.45) is 0 Å². The Morgan fingerprint density at radius 2 is 1.79 bits per heavy atom. The molecule has 1 fully saturated rings. The van der Waals surface area contributed by atoms with Gasteiger partial charge >= 0.3 is 5.97 Å². The van der Waals surface area contributed by atoms with Crippen LogP contribution in [0.1, 0.15) is 19.3 Å². The fourth-order valence-corrected chi connectivity index (χ4v) is 4.33. The highest BCUT2D eigenvalue weighted by Crippen LogP contribution is 2.44. The van der Waals surface area contributed by atoms with Gasteiger partial charge in [-0.05, 0) is 30.5 Å². The van der Waals surface area contributed by atoms with Crippen molar-refractivity contribution in [3.63, 3.8) is 0 Å². The fraction of sp³-hybridized carbons (Fsp3) is 0.269. The van der Waals surface area contributed by atoms with Gasteiger partial charge in [0.25, 0.3) is 0 Å². The SMILES string of the molecule is COc1ccc(-c2c(-c3ccccc3)oc3ncnc(O[C@H]4CC[C@@H](OCC(=O)O)C4)c23)cc1. The van der Waals surface area contributed by atoms with Gasteiger partial charge < -0.3 is 23.7 Å². The van der Waals surface area contributed by atoms with Gasteiger partial charge in [-0.3, -0.25) is 0 Å². The van der Waals surface area contributed by atoms with E-state index in [9.17, 15) is 4.79 Å². The summed E-state index contributed by atoms with van der Waals surface area (Å²) in [5, 5.41) is 9.57. The number of benzene rings is 2. The Labute approximate surface area is 196 Å². The summed E-state index contributed by atoms with van der Waals surface area (Å²) in [7, 11) is 1.63. The maximum absolute atomic E-state index is 10.8. The number of ether oxygens (including phenoxy) is 3. The van der Waals surface area contributed by atoms with Crippen LogP contribution in [0.4, 0.5) is 0 Å². The van der Waals surface area contributed by atoms with Gasteiger partial charge in [0.05, 0.1) is 13.2 Å². The third kappa shape index (κ3) is 4.45. The lowest BCUT2D eigenvalue weighted by atomic mass is 9.99.